The second-order valence-electron chi connectivity index (χ2n) is 3.68. The molecule has 1 aromatic carbocycles. The largest absolute Gasteiger partial charge is 0.432 e. The van der Waals surface area contributed by atoms with Crippen molar-refractivity contribution in [1.82, 2.24) is 13.7 Å². The molecule has 0 saturated heterocycles. The number of nitrogens with zero attached hydrogens (tertiary/aromatic N) is 3. The Balaban J connectivity index is 1.95. The average Bonchev–Trinajstić information content (AvgIpc) is 2.97. The molecule has 1 unspecified atom stereocenters. The molecule has 0 radical (unpaired) electrons. The molecule has 17 heavy (non-hydrogen) atoms. The van der Waals surface area contributed by atoms with E-state index in [9.17, 15) is 0 Å². The molecule has 0 aliphatic carbocycles. The van der Waals surface area contributed by atoms with Crippen molar-refractivity contribution in [3.63, 3.8) is 0 Å². The number of oxazole rings is 1. The summed E-state index contributed by atoms with van der Waals surface area (Å²) in [7, 11) is 0. The number of anilines is 1. The lowest BCUT2D eigenvalue weighted by molar-refractivity contribution is 0.563. The van der Waals surface area contributed by atoms with E-state index in [1.54, 1.807) is 12.5 Å². The molecule has 2 heterocycles. The highest BCUT2D eigenvalue weighted by atomic mass is 32.1. The molecule has 0 aliphatic heterocycles. The van der Waals surface area contributed by atoms with Crippen molar-refractivity contribution < 1.29 is 4.42 Å². The van der Waals surface area contributed by atoms with Gasteiger partial charge in [0, 0.05) is 5.56 Å². The molecule has 86 valence electrons. The van der Waals surface area contributed by atoms with Crippen LogP contribution >= 0.6 is 11.7 Å². The third-order valence-corrected chi connectivity index (χ3v) is 3.10. The lowest BCUT2D eigenvalue weighted by atomic mass is 10.1. The maximum absolute atomic E-state index is 5.16. The second kappa shape index (κ2) is 4.14. The first-order valence-corrected chi connectivity index (χ1v) is 5.95. The third-order valence-electron chi connectivity index (χ3n) is 2.56. The Morgan fingerprint density at radius 3 is 3.12 bits per heavy atom. The minimum atomic E-state index is 0.0706. The highest BCUT2D eigenvalue weighted by Crippen LogP contribution is 2.24. The quantitative estimate of drug-likeness (QED) is 0.769. The van der Waals surface area contributed by atoms with E-state index in [0.29, 0.717) is 6.01 Å². The van der Waals surface area contributed by atoms with E-state index in [0.717, 1.165) is 16.6 Å². The van der Waals surface area contributed by atoms with Crippen LogP contribution in [0.3, 0.4) is 0 Å². The Hall–Kier alpha value is -1.95. The predicted molar refractivity (Wildman–Crippen MR) is 66.0 cm³/mol. The highest BCUT2D eigenvalue weighted by Gasteiger charge is 2.13. The molecule has 0 aliphatic rings. The van der Waals surface area contributed by atoms with Gasteiger partial charge in [0.15, 0.2) is 0 Å². The van der Waals surface area contributed by atoms with Gasteiger partial charge in [0.2, 0.25) is 0 Å². The number of hydrogen-bond donors (Lipinski definition) is 1. The Kier molecular flexibility index (Phi) is 2.49. The summed E-state index contributed by atoms with van der Waals surface area (Å²) in [6, 6.07) is 6.55. The molecular weight excluding hydrogens is 236 g/mol. The van der Waals surface area contributed by atoms with Gasteiger partial charge in [-0.3, -0.25) is 0 Å². The Morgan fingerprint density at radius 2 is 2.29 bits per heavy atom. The molecule has 0 bridgehead atoms. The summed E-state index contributed by atoms with van der Waals surface area (Å²) < 4.78 is 13.7. The number of nitrogens with one attached hydrogen (secondary N) is 1. The highest BCUT2D eigenvalue weighted by molar-refractivity contribution is 7.00. The maximum Gasteiger partial charge on any atom is 0.294 e. The smallest absolute Gasteiger partial charge is 0.294 e. The first-order valence-electron chi connectivity index (χ1n) is 5.22. The van der Waals surface area contributed by atoms with Crippen LogP contribution in [0.4, 0.5) is 6.01 Å². The van der Waals surface area contributed by atoms with Gasteiger partial charge in [-0.25, -0.2) is 4.98 Å². The van der Waals surface area contributed by atoms with Gasteiger partial charge in [0.1, 0.15) is 17.3 Å². The lowest BCUT2D eigenvalue weighted by Crippen LogP contribution is -2.07. The van der Waals surface area contributed by atoms with Crippen molar-refractivity contribution >= 4 is 28.8 Å². The van der Waals surface area contributed by atoms with Gasteiger partial charge >= 0.3 is 0 Å². The predicted octanol–water partition coefficient (Wildman–Crippen LogP) is 2.85. The zero-order valence-corrected chi connectivity index (χ0v) is 9.94. The summed E-state index contributed by atoms with van der Waals surface area (Å²) in [6.07, 6.45) is 3.15. The summed E-state index contributed by atoms with van der Waals surface area (Å²) in [5.74, 6) is 0. The molecule has 3 rings (SSSR count). The molecule has 6 heteroatoms. The Morgan fingerprint density at radius 1 is 1.35 bits per heavy atom. The van der Waals surface area contributed by atoms with E-state index in [1.165, 1.54) is 11.7 Å². The number of benzene rings is 1. The van der Waals surface area contributed by atoms with Crippen molar-refractivity contribution in [1.29, 1.82) is 0 Å². The second-order valence-corrected chi connectivity index (χ2v) is 4.21. The van der Waals surface area contributed by atoms with Gasteiger partial charge in [0.25, 0.3) is 6.01 Å². The van der Waals surface area contributed by atoms with E-state index in [2.05, 4.69) is 19.0 Å². The summed E-state index contributed by atoms with van der Waals surface area (Å²) in [5, 5.41) is 3.18. The zero-order chi connectivity index (χ0) is 11.7. The van der Waals surface area contributed by atoms with Crippen molar-refractivity contribution in [2.24, 2.45) is 0 Å². The summed E-state index contributed by atoms with van der Waals surface area (Å²) in [6.45, 7) is 2.04. The van der Waals surface area contributed by atoms with E-state index < -0.39 is 0 Å². The zero-order valence-electron chi connectivity index (χ0n) is 9.12. The van der Waals surface area contributed by atoms with Gasteiger partial charge < -0.3 is 9.73 Å². The van der Waals surface area contributed by atoms with Crippen molar-refractivity contribution in [3.8, 4) is 0 Å². The minimum absolute atomic E-state index is 0.0706. The van der Waals surface area contributed by atoms with Gasteiger partial charge in [-0.05, 0) is 13.0 Å². The van der Waals surface area contributed by atoms with E-state index in [1.807, 2.05) is 25.1 Å². The van der Waals surface area contributed by atoms with Gasteiger partial charge in [-0.15, -0.1) is 0 Å². The van der Waals surface area contributed by atoms with Crippen molar-refractivity contribution in [2.45, 2.75) is 13.0 Å². The minimum Gasteiger partial charge on any atom is -0.432 e. The van der Waals surface area contributed by atoms with Crippen LogP contribution < -0.4 is 5.32 Å². The fourth-order valence-corrected chi connectivity index (χ4v) is 2.29. The monoisotopic (exact) mass is 246 g/mol. The van der Waals surface area contributed by atoms with Crippen LogP contribution in [0.15, 0.2) is 35.1 Å². The number of fused-ring (bicyclic) bond motifs is 1. The number of aromatic nitrogens is 3. The summed E-state index contributed by atoms with van der Waals surface area (Å²) in [5.41, 5.74) is 2.95. The fraction of sp³-hybridized carbons (Fsp3) is 0.182. The molecule has 1 N–H and O–H groups in total. The van der Waals surface area contributed by atoms with Crippen LogP contribution in [0.1, 0.15) is 18.5 Å². The SMILES string of the molecule is CC(Nc1ncco1)c1cccc2nsnc12. The lowest BCUT2D eigenvalue weighted by Gasteiger charge is -2.12. The molecule has 3 aromatic rings. The first kappa shape index (κ1) is 10.2. The van der Waals surface area contributed by atoms with Crippen LogP contribution in [-0.2, 0) is 0 Å². The van der Waals surface area contributed by atoms with Crippen LogP contribution in [0.2, 0.25) is 0 Å². The number of rotatable bonds is 3. The molecule has 5 nitrogen and oxygen atoms in total. The Bertz CT molecular complexity index is 619. The van der Waals surface area contributed by atoms with Crippen LogP contribution in [0.25, 0.3) is 11.0 Å². The molecule has 2 aromatic heterocycles. The van der Waals surface area contributed by atoms with Crippen molar-refractivity contribution in [3.05, 3.63) is 36.2 Å². The molecule has 0 spiro atoms. The molecular formula is C11H10N4OS. The summed E-state index contributed by atoms with van der Waals surface area (Å²) >= 11 is 1.23. The van der Waals surface area contributed by atoms with Crippen molar-refractivity contribution in [2.75, 3.05) is 5.32 Å². The molecule has 0 amide bonds. The van der Waals surface area contributed by atoms with E-state index >= 15 is 0 Å². The van der Waals surface area contributed by atoms with Crippen LogP contribution in [-0.4, -0.2) is 13.7 Å². The third kappa shape index (κ3) is 1.87. The van der Waals surface area contributed by atoms with Crippen LogP contribution in [0.5, 0.6) is 0 Å². The molecule has 1 atom stereocenters. The molecule has 0 fully saturated rings. The standard InChI is InChI=1S/C11H10N4OS/c1-7(13-11-12-5-6-16-11)8-3-2-4-9-10(8)15-17-14-9/h2-7H,1H3,(H,12,13). The van der Waals surface area contributed by atoms with Gasteiger partial charge in [-0.2, -0.15) is 8.75 Å². The maximum atomic E-state index is 5.16. The average molecular weight is 246 g/mol. The van der Waals surface area contributed by atoms with Crippen LogP contribution in [0, 0.1) is 0 Å². The molecule has 0 saturated carbocycles. The Labute approximate surface area is 102 Å². The van der Waals surface area contributed by atoms with Gasteiger partial charge in [-0.1, -0.05) is 12.1 Å². The first-order chi connectivity index (χ1) is 8.34. The number of hydrogen-bond acceptors (Lipinski definition) is 6. The van der Waals surface area contributed by atoms with E-state index in [4.69, 9.17) is 4.42 Å². The van der Waals surface area contributed by atoms with E-state index in [-0.39, 0.29) is 6.04 Å². The topological polar surface area (TPSA) is 63.8 Å². The fourth-order valence-electron chi connectivity index (χ4n) is 1.73. The summed E-state index contributed by atoms with van der Waals surface area (Å²) in [4.78, 5) is 4.04. The van der Waals surface area contributed by atoms with Gasteiger partial charge in [0.05, 0.1) is 24.0 Å². The normalized spacial score (nSPS) is 12.8.